The van der Waals surface area contributed by atoms with Gasteiger partial charge in [0.1, 0.15) is 17.3 Å². The number of aliphatic imine (C=N–C) groups is 1. The monoisotopic (exact) mass is 923 g/mol. The number of aliphatic hydroxyl groups is 1. The highest BCUT2D eigenvalue weighted by Crippen LogP contribution is 2.47. The molecule has 0 saturated carbocycles. The van der Waals surface area contributed by atoms with Crippen molar-refractivity contribution >= 4 is 40.3 Å². The molecule has 0 unspecified atom stereocenters. The summed E-state index contributed by atoms with van der Waals surface area (Å²) in [5.41, 5.74) is 9.86. The van der Waals surface area contributed by atoms with E-state index in [-0.39, 0.29) is 74.8 Å². The second-order valence-electron chi connectivity index (χ2n) is 23.2. The number of hydrogen-bond acceptors (Lipinski definition) is 8. The molecule has 3 aromatic rings. The summed E-state index contributed by atoms with van der Waals surface area (Å²) in [7, 11) is 0. The Bertz CT molecular complexity index is 2680. The lowest BCUT2D eigenvalue weighted by atomic mass is 9.77. The van der Waals surface area contributed by atoms with Crippen LogP contribution in [0.25, 0.3) is 5.57 Å². The number of phenolic OH excluding ortho intramolecular Hbond substituents is 2. The molecule has 7 rings (SSSR count). The summed E-state index contributed by atoms with van der Waals surface area (Å²) in [4.78, 5) is 51.7. The first-order chi connectivity index (χ1) is 31.6. The molecule has 2 aliphatic heterocycles. The van der Waals surface area contributed by atoms with E-state index in [9.17, 15) is 29.7 Å². The van der Waals surface area contributed by atoms with Crippen molar-refractivity contribution < 1.29 is 29.7 Å². The number of carbonyl (C=O) groups is 3. The van der Waals surface area contributed by atoms with E-state index in [1.807, 2.05) is 48.6 Å². The Balaban J connectivity index is 1.23. The van der Waals surface area contributed by atoms with E-state index < -0.39 is 0 Å². The number of fused-ring (bicyclic) bond motifs is 2. The Labute approximate surface area is 404 Å². The van der Waals surface area contributed by atoms with Crippen molar-refractivity contribution in [1.29, 1.82) is 0 Å². The van der Waals surface area contributed by atoms with Gasteiger partial charge in [-0.05, 0) is 130 Å². The summed E-state index contributed by atoms with van der Waals surface area (Å²) in [6.45, 7) is 32.1. The highest BCUT2D eigenvalue weighted by molar-refractivity contribution is 6.42. The maximum Gasteiger partial charge on any atom is 0.246 e. The highest BCUT2D eigenvalue weighted by Gasteiger charge is 2.41. The van der Waals surface area contributed by atoms with Crippen LogP contribution in [-0.2, 0) is 55.3 Å². The van der Waals surface area contributed by atoms with Crippen LogP contribution in [0.2, 0.25) is 0 Å². The van der Waals surface area contributed by atoms with Gasteiger partial charge in [-0.25, -0.2) is 4.99 Å². The zero-order valence-electron chi connectivity index (χ0n) is 43.1. The van der Waals surface area contributed by atoms with Gasteiger partial charge in [0.15, 0.2) is 0 Å². The number of carbonyl (C=O) groups excluding carboxylic acids is 3. The lowest BCUT2D eigenvalue weighted by molar-refractivity contribution is -0.118. The molecule has 0 spiro atoms. The number of benzene rings is 3. The van der Waals surface area contributed by atoms with E-state index >= 15 is 0 Å². The summed E-state index contributed by atoms with van der Waals surface area (Å²) in [5.74, 6) is -0.574. The molecule has 4 aliphatic rings. The van der Waals surface area contributed by atoms with Crippen molar-refractivity contribution in [3.8, 4) is 11.5 Å². The number of nitrogens with zero attached hydrogens (tertiary/aromatic N) is 3. The molecule has 10 heteroatoms. The molecule has 1 fully saturated rings. The first-order valence-corrected chi connectivity index (χ1v) is 24.6. The fourth-order valence-electron chi connectivity index (χ4n) is 10.0. The molecular formula is C58H74N4O6. The molecule has 68 heavy (non-hydrogen) atoms. The second-order valence-corrected chi connectivity index (χ2v) is 23.2. The Hall–Kier alpha value is -5.90. The van der Waals surface area contributed by atoms with Crippen LogP contribution in [0, 0.1) is 0 Å². The van der Waals surface area contributed by atoms with Gasteiger partial charge >= 0.3 is 0 Å². The van der Waals surface area contributed by atoms with Crippen LogP contribution in [0.1, 0.15) is 161 Å². The van der Waals surface area contributed by atoms with Crippen LogP contribution in [-0.4, -0.2) is 69.7 Å². The van der Waals surface area contributed by atoms with Crippen molar-refractivity contribution in [3.05, 3.63) is 121 Å². The van der Waals surface area contributed by atoms with Gasteiger partial charge in [-0.1, -0.05) is 107 Å². The minimum Gasteiger partial charge on any atom is -0.507 e. The smallest absolute Gasteiger partial charge is 0.246 e. The zero-order chi connectivity index (χ0) is 50.0. The molecule has 0 radical (unpaired) electrons. The molecule has 2 amide bonds. The zero-order valence-corrected chi connectivity index (χ0v) is 43.1. The summed E-state index contributed by atoms with van der Waals surface area (Å²) < 4.78 is 0. The first-order valence-electron chi connectivity index (χ1n) is 24.6. The lowest BCUT2D eigenvalue weighted by Crippen LogP contribution is -2.27. The average molecular weight is 923 g/mol. The van der Waals surface area contributed by atoms with Crippen molar-refractivity contribution in [3.63, 3.8) is 0 Å². The van der Waals surface area contributed by atoms with Gasteiger partial charge in [0.05, 0.1) is 22.5 Å². The predicted octanol–water partition coefficient (Wildman–Crippen LogP) is 11.5. The molecule has 0 aromatic heterocycles. The molecule has 1 saturated heterocycles. The number of aromatic hydroxyl groups is 2. The number of hydrogen-bond donors (Lipinski definition) is 4. The number of rotatable bonds is 10. The normalized spacial score (nSPS) is 18.2. The summed E-state index contributed by atoms with van der Waals surface area (Å²) in [6, 6.07) is 11.8. The Morgan fingerprint density at radius 2 is 1.15 bits per heavy atom. The maximum absolute atomic E-state index is 14.7. The van der Waals surface area contributed by atoms with E-state index in [1.54, 1.807) is 0 Å². The molecule has 3 aromatic carbocycles. The third-order valence-electron chi connectivity index (χ3n) is 14.0. The van der Waals surface area contributed by atoms with Crippen LogP contribution in [0.3, 0.4) is 0 Å². The van der Waals surface area contributed by atoms with Gasteiger partial charge in [0.25, 0.3) is 0 Å². The number of ketones is 1. The van der Waals surface area contributed by atoms with E-state index in [0.717, 1.165) is 94.9 Å². The van der Waals surface area contributed by atoms with Gasteiger partial charge in [0, 0.05) is 61.5 Å². The SMILES string of the molecule is CCN1CCC2=C/C(=C3\C(=O)C(c4cc5c(cc4NC(=O)CCc4cc(C(C)(C)C)c(O)c(C(C)(C)C)c4)N(CC)CC5)=C3O)C(=NC(=O)CCc3cc(C(C)(C)C)c(O)c(C(C)(C)C)c3)C=C21. The Kier molecular flexibility index (Phi) is 13.4. The van der Waals surface area contributed by atoms with Crippen molar-refractivity contribution in [2.24, 2.45) is 4.99 Å². The number of phenols is 2. The highest BCUT2D eigenvalue weighted by atomic mass is 16.3. The number of nitrogens with one attached hydrogen (secondary N) is 1. The molecule has 4 N–H and O–H groups in total. The van der Waals surface area contributed by atoms with Crippen molar-refractivity contribution in [2.75, 3.05) is 36.4 Å². The van der Waals surface area contributed by atoms with Gasteiger partial charge < -0.3 is 30.4 Å². The van der Waals surface area contributed by atoms with Gasteiger partial charge in [0.2, 0.25) is 17.6 Å². The number of anilines is 2. The third kappa shape index (κ3) is 9.83. The molecular weight excluding hydrogens is 849 g/mol. The standard InChI is InChI=1S/C58H74N4O6/c1-15-61-23-21-35-29-37(43(31-45(35)61)59-47(63)19-17-33-25-39(55(3,4)5)51(65)40(26-33)56(6,7)8)49-53(67)50(54(49)68)38-30-36-22-24-62(16-2)46(36)32-44(38)60-48(64)20-18-34-27-41(57(9,10)11)52(66)42(28-34)58(12,13)14/h25-32,65-67H,15-24H2,1-14H3,(H,59,63)/b50-38+,60-44?. The van der Waals surface area contributed by atoms with Crippen molar-refractivity contribution in [1.82, 2.24) is 4.90 Å². The van der Waals surface area contributed by atoms with Crippen LogP contribution in [0.4, 0.5) is 11.4 Å². The molecule has 2 aliphatic carbocycles. The van der Waals surface area contributed by atoms with Gasteiger partial charge in [-0.15, -0.1) is 0 Å². The molecule has 0 atom stereocenters. The maximum atomic E-state index is 14.7. The molecule has 2 heterocycles. The number of Topliss-reactive ketones (excluding diaryl/α,β-unsaturated/α-hetero) is 1. The third-order valence-corrected chi connectivity index (χ3v) is 14.0. The largest absolute Gasteiger partial charge is 0.507 e. The summed E-state index contributed by atoms with van der Waals surface area (Å²) in [6.07, 6.45) is 6.42. The quantitative estimate of drug-likeness (QED) is 0.147. The number of amides is 2. The number of allylic oxidation sites excluding steroid dienone is 6. The Morgan fingerprint density at radius 3 is 1.63 bits per heavy atom. The van der Waals surface area contributed by atoms with Crippen LogP contribution in [0.15, 0.2) is 81.7 Å². The fraction of sp³-hybridized carbons (Fsp3) is 0.483. The van der Waals surface area contributed by atoms with Gasteiger partial charge in [-0.2, -0.15) is 0 Å². The minimum atomic E-state index is -0.375. The summed E-state index contributed by atoms with van der Waals surface area (Å²) in [5, 5.41) is 37.8. The number of aliphatic hydroxyl groups excluding tert-OH is 1. The van der Waals surface area contributed by atoms with E-state index in [2.05, 4.69) is 117 Å². The molecule has 362 valence electrons. The van der Waals surface area contributed by atoms with E-state index in [0.29, 0.717) is 41.1 Å². The number of likely N-dealkylation sites (N-methyl/N-ethyl adjacent to an activating group) is 2. The second kappa shape index (κ2) is 18.2. The number of likely N-dealkylation sites (tertiary alicyclic amines) is 1. The molecule has 10 nitrogen and oxygen atoms in total. The summed E-state index contributed by atoms with van der Waals surface area (Å²) >= 11 is 0. The van der Waals surface area contributed by atoms with Crippen LogP contribution < -0.4 is 10.2 Å². The first kappa shape index (κ1) is 50.0. The Morgan fingerprint density at radius 1 is 0.647 bits per heavy atom. The lowest BCUT2D eigenvalue weighted by Gasteiger charge is -2.29. The van der Waals surface area contributed by atoms with Crippen LogP contribution in [0.5, 0.6) is 11.5 Å². The number of aryl methyl sites for hydroxylation is 2. The predicted molar refractivity (Wildman–Crippen MR) is 276 cm³/mol. The minimum absolute atomic E-state index is 0.108. The fourth-order valence-corrected chi connectivity index (χ4v) is 10.0. The van der Waals surface area contributed by atoms with Crippen molar-refractivity contribution in [2.45, 2.75) is 157 Å². The topological polar surface area (TPSA) is 143 Å². The van der Waals surface area contributed by atoms with Crippen LogP contribution >= 0.6 is 0 Å². The van der Waals surface area contributed by atoms with Gasteiger partial charge in [-0.3, -0.25) is 14.4 Å². The van der Waals surface area contributed by atoms with E-state index in [4.69, 9.17) is 0 Å². The average Bonchev–Trinajstić information content (AvgIpc) is 3.83. The molecule has 0 bridgehead atoms. The van der Waals surface area contributed by atoms with E-state index in [1.165, 1.54) is 0 Å².